The van der Waals surface area contributed by atoms with Crippen LogP contribution in [0, 0.1) is 11.3 Å². The first-order chi connectivity index (χ1) is 10.0. The lowest BCUT2D eigenvalue weighted by Gasteiger charge is -2.28. The van der Waals surface area contributed by atoms with E-state index in [4.69, 9.17) is 4.43 Å². The van der Waals surface area contributed by atoms with Crippen molar-refractivity contribution in [2.75, 3.05) is 6.16 Å². The third-order valence-corrected chi connectivity index (χ3v) is 7.97. The Hall–Kier alpha value is -0.0531. The van der Waals surface area contributed by atoms with Crippen molar-refractivity contribution in [2.45, 2.75) is 79.1 Å². The van der Waals surface area contributed by atoms with Crippen LogP contribution < -0.4 is 0 Å². The van der Waals surface area contributed by atoms with Crippen LogP contribution in [0.2, 0.25) is 13.1 Å². The molecule has 1 N–H and O–H groups in total. The molecular formula is C17H35O3PSi. The highest BCUT2D eigenvalue weighted by Crippen LogP contribution is 2.56. The molecule has 3 unspecified atom stereocenters. The third-order valence-electron chi connectivity index (χ3n) is 4.76. The zero-order valence-corrected chi connectivity index (χ0v) is 17.5. The van der Waals surface area contributed by atoms with E-state index in [1.165, 1.54) is 0 Å². The van der Waals surface area contributed by atoms with Crippen LogP contribution in [0.15, 0.2) is 11.3 Å². The Bertz CT molecular complexity index is 451. The van der Waals surface area contributed by atoms with E-state index in [1.54, 1.807) is 0 Å². The summed E-state index contributed by atoms with van der Waals surface area (Å²) in [5.41, 5.74) is 1.17. The van der Waals surface area contributed by atoms with Crippen molar-refractivity contribution in [3.8, 4) is 0 Å². The van der Waals surface area contributed by atoms with Crippen LogP contribution in [0.25, 0.3) is 0 Å². The molecule has 5 heteroatoms. The van der Waals surface area contributed by atoms with Gasteiger partial charge in [-0.2, -0.15) is 0 Å². The first-order valence-corrected chi connectivity index (χ1v) is 13.4. The number of hydrogen-bond donors (Lipinski definition) is 1. The molecule has 1 aliphatic rings. The van der Waals surface area contributed by atoms with Crippen molar-refractivity contribution in [1.29, 1.82) is 0 Å². The fourth-order valence-corrected chi connectivity index (χ4v) is 5.92. The molecule has 0 spiro atoms. The van der Waals surface area contributed by atoms with E-state index in [2.05, 4.69) is 40.8 Å². The molecular weight excluding hydrogens is 311 g/mol. The Balaban J connectivity index is 3.18. The lowest BCUT2D eigenvalue weighted by molar-refractivity contribution is 0.236. The Morgan fingerprint density at radius 1 is 1.32 bits per heavy atom. The van der Waals surface area contributed by atoms with Gasteiger partial charge in [-0.15, -0.1) is 0 Å². The molecule has 1 rings (SSSR count). The zero-order chi connectivity index (χ0) is 17.1. The maximum Gasteiger partial charge on any atom is 0.229 e. The van der Waals surface area contributed by atoms with Gasteiger partial charge in [0.05, 0.1) is 11.4 Å². The number of allylic oxidation sites excluding steroid dienone is 2. The minimum Gasteiger partial charge on any atom is -0.550 e. The van der Waals surface area contributed by atoms with E-state index < -0.39 is 16.4 Å². The molecule has 0 fully saturated rings. The highest BCUT2D eigenvalue weighted by atomic mass is 31.2. The van der Waals surface area contributed by atoms with Crippen LogP contribution in [-0.2, 0) is 8.99 Å². The van der Waals surface area contributed by atoms with E-state index in [0.29, 0.717) is 12.1 Å². The largest absolute Gasteiger partial charge is 0.550 e. The van der Waals surface area contributed by atoms with Gasteiger partial charge in [-0.05, 0) is 42.8 Å². The molecule has 0 aromatic carbocycles. The monoisotopic (exact) mass is 346 g/mol. The van der Waals surface area contributed by atoms with Crippen LogP contribution in [0.3, 0.4) is 0 Å². The van der Waals surface area contributed by atoms with Crippen molar-refractivity contribution in [2.24, 2.45) is 11.3 Å². The van der Waals surface area contributed by atoms with Crippen LogP contribution >= 0.6 is 7.37 Å². The van der Waals surface area contributed by atoms with Crippen molar-refractivity contribution < 1.29 is 13.9 Å². The smallest absolute Gasteiger partial charge is 0.229 e. The Kier molecular flexibility index (Phi) is 6.98. The van der Waals surface area contributed by atoms with Gasteiger partial charge in [-0.1, -0.05) is 41.0 Å². The molecule has 3 atom stereocenters. The van der Waals surface area contributed by atoms with Crippen molar-refractivity contribution in [3.05, 3.63) is 11.3 Å². The summed E-state index contributed by atoms with van der Waals surface area (Å²) in [5.74, 6) is 1.57. The predicted molar refractivity (Wildman–Crippen MR) is 98.2 cm³/mol. The van der Waals surface area contributed by atoms with Gasteiger partial charge >= 0.3 is 0 Å². The topological polar surface area (TPSA) is 46.5 Å². The summed E-state index contributed by atoms with van der Waals surface area (Å²) in [6.07, 6.45) is 3.95. The average Bonchev–Trinajstić information content (AvgIpc) is 2.78. The average molecular weight is 347 g/mol. The highest BCUT2D eigenvalue weighted by molar-refractivity contribution is 7.59. The summed E-state index contributed by atoms with van der Waals surface area (Å²) in [6.45, 7) is 15.0. The summed E-state index contributed by atoms with van der Waals surface area (Å²) < 4.78 is 18.9. The van der Waals surface area contributed by atoms with E-state index in [0.717, 1.165) is 37.0 Å². The maximum atomic E-state index is 12.7. The lowest BCUT2D eigenvalue weighted by atomic mass is 9.78. The quantitative estimate of drug-likeness (QED) is 0.512. The van der Waals surface area contributed by atoms with Crippen molar-refractivity contribution >= 4 is 16.4 Å². The van der Waals surface area contributed by atoms with Gasteiger partial charge in [0.2, 0.25) is 16.4 Å². The molecule has 3 nitrogen and oxygen atoms in total. The normalized spacial score (nSPS) is 23.8. The highest BCUT2D eigenvalue weighted by Gasteiger charge is 2.41. The van der Waals surface area contributed by atoms with Gasteiger partial charge < -0.3 is 9.32 Å². The standard InChI is InChI=1S/C17H35O3PSi/c1-8-10-16(21(18,19)9-2)14-11-13(17(3,4)5)12-15(14)20-22(6)7/h13,16,22H,8-12H2,1-7H3,(H,18,19). The summed E-state index contributed by atoms with van der Waals surface area (Å²) in [6, 6.07) is 0. The van der Waals surface area contributed by atoms with Crippen molar-refractivity contribution in [3.63, 3.8) is 0 Å². The second kappa shape index (κ2) is 7.68. The van der Waals surface area contributed by atoms with Gasteiger partial charge in [0.15, 0.2) is 0 Å². The molecule has 0 amide bonds. The third kappa shape index (κ3) is 4.97. The van der Waals surface area contributed by atoms with E-state index >= 15 is 0 Å². The fourth-order valence-electron chi connectivity index (χ4n) is 3.26. The second-order valence-electron chi connectivity index (χ2n) is 7.96. The van der Waals surface area contributed by atoms with Crippen LogP contribution in [0.5, 0.6) is 0 Å². The molecule has 22 heavy (non-hydrogen) atoms. The molecule has 130 valence electrons. The van der Waals surface area contributed by atoms with Crippen LogP contribution in [0.1, 0.15) is 60.3 Å². The van der Waals surface area contributed by atoms with Crippen molar-refractivity contribution in [1.82, 2.24) is 0 Å². The Morgan fingerprint density at radius 2 is 1.91 bits per heavy atom. The molecule has 0 aromatic rings. The predicted octanol–water partition coefficient (Wildman–Crippen LogP) is 5.16. The lowest BCUT2D eigenvalue weighted by Crippen LogP contribution is -2.20. The summed E-state index contributed by atoms with van der Waals surface area (Å²) in [4.78, 5) is 10.5. The van der Waals surface area contributed by atoms with Gasteiger partial charge in [-0.3, -0.25) is 4.57 Å². The van der Waals surface area contributed by atoms with Gasteiger partial charge in [0.25, 0.3) is 0 Å². The van der Waals surface area contributed by atoms with Crippen LogP contribution in [-0.4, -0.2) is 25.8 Å². The van der Waals surface area contributed by atoms with E-state index in [1.807, 2.05) is 6.92 Å². The Labute approximate surface area is 138 Å². The van der Waals surface area contributed by atoms with Gasteiger partial charge in [0.1, 0.15) is 0 Å². The molecule has 0 aliphatic heterocycles. The minimum absolute atomic E-state index is 0.197. The zero-order valence-electron chi connectivity index (χ0n) is 15.5. The molecule has 0 bridgehead atoms. The molecule has 0 heterocycles. The molecule has 0 saturated heterocycles. The van der Waals surface area contributed by atoms with Gasteiger partial charge in [0, 0.05) is 12.6 Å². The number of hydrogen-bond acceptors (Lipinski definition) is 2. The van der Waals surface area contributed by atoms with Gasteiger partial charge in [-0.25, -0.2) is 0 Å². The number of rotatable bonds is 7. The van der Waals surface area contributed by atoms with E-state index in [9.17, 15) is 9.46 Å². The minimum atomic E-state index is -3.13. The Morgan fingerprint density at radius 3 is 2.32 bits per heavy atom. The summed E-state index contributed by atoms with van der Waals surface area (Å²) >= 11 is 0. The van der Waals surface area contributed by atoms with E-state index in [-0.39, 0.29) is 11.1 Å². The van der Waals surface area contributed by atoms with Crippen LogP contribution in [0.4, 0.5) is 0 Å². The maximum absolute atomic E-state index is 12.7. The molecule has 1 aliphatic carbocycles. The first kappa shape index (κ1) is 20.0. The summed E-state index contributed by atoms with van der Waals surface area (Å²) in [7, 11) is -4.33. The summed E-state index contributed by atoms with van der Waals surface area (Å²) in [5, 5.41) is 0. The molecule has 0 radical (unpaired) electrons. The molecule has 0 aromatic heterocycles. The molecule has 0 saturated carbocycles. The second-order valence-corrected chi connectivity index (χ2v) is 13.1. The first-order valence-electron chi connectivity index (χ1n) is 8.72. The SMILES string of the molecule is CCCC(C1=C(O[SiH](C)C)CC(C(C)(C)C)C1)P(=O)(O)CC. The fraction of sp³-hybridized carbons (Fsp3) is 0.882.